The highest BCUT2D eigenvalue weighted by Crippen LogP contribution is 2.19. The number of anilines is 1. The molecule has 0 aliphatic carbocycles. The Labute approximate surface area is 150 Å². The predicted molar refractivity (Wildman–Crippen MR) is 98.2 cm³/mol. The molecule has 0 aromatic heterocycles. The van der Waals surface area contributed by atoms with Crippen molar-refractivity contribution in [3.05, 3.63) is 78.1 Å². The van der Waals surface area contributed by atoms with Gasteiger partial charge in [0.2, 0.25) is 0 Å². The van der Waals surface area contributed by atoms with Gasteiger partial charge in [-0.3, -0.25) is 9.59 Å². The number of carbonyl (C=O) groups excluding carboxylic acids is 2. The molecule has 0 heterocycles. The van der Waals surface area contributed by atoms with E-state index < -0.39 is 23.8 Å². The van der Waals surface area contributed by atoms with Crippen LogP contribution in [0.2, 0.25) is 0 Å². The van der Waals surface area contributed by atoms with Gasteiger partial charge in [0.1, 0.15) is 5.82 Å². The van der Waals surface area contributed by atoms with Crippen LogP contribution in [0.3, 0.4) is 0 Å². The first-order valence-electron chi connectivity index (χ1n) is 8.25. The molecule has 3 aromatic rings. The minimum Gasteiger partial charge on any atom is -0.452 e. The van der Waals surface area contributed by atoms with Crippen LogP contribution in [0.5, 0.6) is 0 Å². The lowest BCUT2D eigenvalue weighted by Gasteiger charge is -2.14. The number of carbonyl (C=O) groups is 2. The van der Waals surface area contributed by atoms with Crippen molar-refractivity contribution < 1.29 is 18.7 Å². The molecular formula is C21H18FNO3. The molecule has 1 atom stereocenters. The molecule has 0 fully saturated rings. The molecular weight excluding hydrogens is 333 g/mol. The summed E-state index contributed by atoms with van der Waals surface area (Å²) in [6, 6.07) is 18.9. The van der Waals surface area contributed by atoms with E-state index in [-0.39, 0.29) is 6.42 Å². The maximum absolute atomic E-state index is 12.9. The molecule has 0 bridgehead atoms. The number of benzene rings is 3. The van der Waals surface area contributed by atoms with Crippen LogP contribution in [0.25, 0.3) is 10.8 Å². The lowest BCUT2D eigenvalue weighted by molar-refractivity contribution is -0.152. The van der Waals surface area contributed by atoms with E-state index in [4.69, 9.17) is 4.74 Å². The molecule has 0 spiro atoms. The molecule has 3 aromatic carbocycles. The second kappa shape index (κ2) is 7.78. The van der Waals surface area contributed by atoms with Gasteiger partial charge in [-0.15, -0.1) is 0 Å². The third-order valence-electron chi connectivity index (χ3n) is 4.00. The topological polar surface area (TPSA) is 55.4 Å². The number of nitrogens with one attached hydrogen (secondary N) is 1. The van der Waals surface area contributed by atoms with Crippen molar-refractivity contribution >= 4 is 28.3 Å². The van der Waals surface area contributed by atoms with Crippen LogP contribution in [0.4, 0.5) is 10.1 Å². The number of halogens is 1. The number of rotatable bonds is 5. The third kappa shape index (κ3) is 4.25. The van der Waals surface area contributed by atoms with E-state index in [0.29, 0.717) is 5.69 Å². The summed E-state index contributed by atoms with van der Waals surface area (Å²) in [5, 5.41) is 4.61. The van der Waals surface area contributed by atoms with Crippen LogP contribution in [0, 0.1) is 5.82 Å². The highest BCUT2D eigenvalue weighted by Gasteiger charge is 2.18. The zero-order valence-corrected chi connectivity index (χ0v) is 14.2. The quantitative estimate of drug-likeness (QED) is 0.705. The van der Waals surface area contributed by atoms with E-state index in [1.54, 1.807) is 0 Å². The van der Waals surface area contributed by atoms with Crippen LogP contribution in [0.15, 0.2) is 66.7 Å². The molecule has 0 unspecified atom stereocenters. The summed E-state index contributed by atoms with van der Waals surface area (Å²) in [7, 11) is 0. The average Bonchev–Trinajstić information content (AvgIpc) is 2.64. The normalized spacial score (nSPS) is 11.8. The fraction of sp³-hybridized carbons (Fsp3) is 0.143. The van der Waals surface area contributed by atoms with E-state index in [1.807, 2.05) is 42.5 Å². The standard InChI is InChI=1S/C21H18FNO3/c1-14(21(25)23-18-11-9-17(22)10-12-18)26-20(24)13-16-7-4-6-15-5-2-3-8-19(15)16/h2-12,14H,13H2,1H3,(H,23,25)/t14-/m1/s1. The van der Waals surface area contributed by atoms with Crippen LogP contribution in [-0.4, -0.2) is 18.0 Å². The van der Waals surface area contributed by atoms with Gasteiger partial charge in [-0.25, -0.2) is 4.39 Å². The third-order valence-corrected chi connectivity index (χ3v) is 4.00. The smallest absolute Gasteiger partial charge is 0.311 e. The Bertz CT molecular complexity index is 932. The Hall–Kier alpha value is -3.21. The first-order chi connectivity index (χ1) is 12.5. The van der Waals surface area contributed by atoms with Crippen molar-refractivity contribution in [2.24, 2.45) is 0 Å². The summed E-state index contributed by atoms with van der Waals surface area (Å²) in [5.74, 6) is -1.34. The number of hydrogen-bond donors (Lipinski definition) is 1. The lowest BCUT2D eigenvalue weighted by Crippen LogP contribution is -2.30. The molecule has 0 saturated heterocycles. The van der Waals surface area contributed by atoms with Crippen molar-refractivity contribution in [3.8, 4) is 0 Å². The Balaban J connectivity index is 1.61. The molecule has 3 rings (SSSR count). The Morgan fingerprint density at radius 1 is 1.00 bits per heavy atom. The van der Waals surface area contributed by atoms with E-state index in [1.165, 1.54) is 31.2 Å². The van der Waals surface area contributed by atoms with Gasteiger partial charge in [0.25, 0.3) is 5.91 Å². The van der Waals surface area contributed by atoms with Crippen LogP contribution >= 0.6 is 0 Å². The van der Waals surface area contributed by atoms with E-state index in [9.17, 15) is 14.0 Å². The number of ether oxygens (including phenoxy) is 1. The van der Waals surface area contributed by atoms with Crippen molar-refractivity contribution in [2.75, 3.05) is 5.32 Å². The maximum Gasteiger partial charge on any atom is 0.311 e. The molecule has 0 aliphatic rings. The SMILES string of the molecule is C[C@@H](OC(=O)Cc1cccc2ccccc12)C(=O)Nc1ccc(F)cc1. The Kier molecular flexibility index (Phi) is 5.27. The number of esters is 1. The summed E-state index contributed by atoms with van der Waals surface area (Å²) >= 11 is 0. The molecule has 0 radical (unpaired) electrons. The van der Waals surface area contributed by atoms with Gasteiger partial charge in [-0.2, -0.15) is 0 Å². The zero-order chi connectivity index (χ0) is 18.5. The van der Waals surface area contributed by atoms with Crippen LogP contribution < -0.4 is 5.32 Å². The van der Waals surface area contributed by atoms with Gasteiger partial charge in [0.15, 0.2) is 6.10 Å². The first kappa shape index (κ1) is 17.6. The summed E-state index contributed by atoms with van der Waals surface area (Å²) in [5.41, 5.74) is 1.28. The largest absolute Gasteiger partial charge is 0.452 e. The van der Waals surface area contributed by atoms with Crippen LogP contribution in [-0.2, 0) is 20.7 Å². The Morgan fingerprint density at radius 3 is 2.46 bits per heavy atom. The Morgan fingerprint density at radius 2 is 1.69 bits per heavy atom. The minimum absolute atomic E-state index is 0.0789. The molecule has 132 valence electrons. The number of hydrogen-bond acceptors (Lipinski definition) is 3. The fourth-order valence-electron chi connectivity index (χ4n) is 2.67. The summed E-state index contributed by atoms with van der Waals surface area (Å²) in [6.45, 7) is 1.50. The summed E-state index contributed by atoms with van der Waals surface area (Å²) in [4.78, 5) is 24.3. The summed E-state index contributed by atoms with van der Waals surface area (Å²) < 4.78 is 18.1. The van der Waals surface area contributed by atoms with Crippen molar-refractivity contribution in [1.29, 1.82) is 0 Å². The molecule has 0 aliphatic heterocycles. The van der Waals surface area contributed by atoms with Crippen molar-refractivity contribution in [3.63, 3.8) is 0 Å². The van der Waals surface area contributed by atoms with Gasteiger partial charge in [0, 0.05) is 5.69 Å². The number of amides is 1. The first-order valence-corrected chi connectivity index (χ1v) is 8.25. The van der Waals surface area contributed by atoms with Gasteiger partial charge in [-0.05, 0) is 47.5 Å². The maximum atomic E-state index is 12.9. The molecule has 26 heavy (non-hydrogen) atoms. The summed E-state index contributed by atoms with van der Waals surface area (Å²) in [6.07, 6.45) is -0.877. The second-order valence-corrected chi connectivity index (χ2v) is 5.94. The van der Waals surface area contributed by atoms with E-state index in [2.05, 4.69) is 5.32 Å². The average molecular weight is 351 g/mol. The minimum atomic E-state index is -0.956. The monoisotopic (exact) mass is 351 g/mol. The van der Waals surface area contributed by atoms with E-state index in [0.717, 1.165) is 16.3 Å². The van der Waals surface area contributed by atoms with Crippen LogP contribution in [0.1, 0.15) is 12.5 Å². The van der Waals surface area contributed by atoms with Crippen molar-refractivity contribution in [1.82, 2.24) is 0 Å². The van der Waals surface area contributed by atoms with Gasteiger partial charge >= 0.3 is 5.97 Å². The van der Waals surface area contributed by atoms with Gasteiger partial charge < -0.3 is 10.1 Å². The van der Waals surface area contributed by atoms with Gasteiger partial charge in [-0.1, -0.05) is 42.5 Å². The van der Waals surface area contributed by atoms with Crippen molar-refractivity contribution in [2.45, 2.75) is 19.4 Å². The van der Waals surface area contributed by atoms with E-state index >= 15 is 0 Å². The fourth-order valence-corrected chi connectivity index (χ4v) is 2.67. The highest BCUT2D eigenvalue weighted by molar-refractivity contribution is 5.95. The molecule has 1 N–H and O–H groups in total. The highest BCUT2D eigenvalue weighted by atomic mass is 19.1. The molecule has 4 nitrogen and oxygen atoms in total. The lowest BCUT2D eigenvalue weighted by atomic mass is 10.0. The zero-order valence-electron chi connectivity index (χ0n) is 14.2. The molecule has 5 heteroatoms. The number of fused-ring (bicyclic) bond motifs is 1. The van der Waals surface area contributed by atoms with Gasteiger partial charge in [0.05, 0.1) is 6.42 Å². The molecule has 1 amide bonds. The second-order valence-electron chi connectivity index (χ2n) is 5.94. The predicted octanol–water partition coefficient (Wildman–Crippen LogP) is 4.09. The molecule has 0 saturated carbocycles.